The molecule has 0 atom stereocenters. The van der Waals surface area contributed by atoms with Crippen LogP contribution >= 0.6 is 0 Å². The summed E-state index contributed by atoms with van der Waals surface area (Å²) < 4.78 is 0. The zero-order valence-corrected chi connectivity index (χ0v) is 5.89. The standard InChI is InChI=1S/C6H4N5O/c12-11-7-4-1-2-5-6(3-4)9-10-8-5/h1-2H,(H,7,12)(H,8,9,10). The highest BCUT2D eigenvalue weighted by molar-refractivity contribution is 5.75. The van der Waals surface area contributed by atoms with Gasteiger partial charge in [0.25, 0.3) is 0 Å². The lowest BCUT2D eigenvalue weighted by molar-refractivity contribution is 0.289. The molecule has 2 aromatic rings. The number of aromatic amines is 1. The molecule has 6 heteroatoms. The molecule has 0 amide bonds. The van der Waals surface area contributed by atoms with Gasteiger partial charge in [0, 0.05) is 11.3 Å². The molecule has 2 N–H and O–H groups in total. The van der Waals surface area contributed by atoms with Gasteiger partial charge in [-0.2, -0.15) is 0 Å². The third-order valence-corrected chi connectivity index (χ3v) is 1.38. The molecule has 0 fully saturated rings. The van der Waals surface area contributed by atoms with Crippen molar-refractivity contribution in [3.63, 3.8) is 0 Å². The van der Waals surface area contributed by atoms with E-state index in [1.54, 1.807) is 12.1 Å². The fraction of sp³-hybridized carbons (Fsp3) is 0. The summed E-state index contributed by atoms with van der Waals surface area (Å²) in [6.45, 7) is 0. The number of fused-ring (bicyclic) bond motifs is 1. The molecule has 0 saturated heterocycles. The quantitative estimate of drug-likeness (QED) is 0.488. The minimum Gasteiger partial charge on any atom is -0.394 e. The second kappa shape index (κ2) is 2.57. The molecule has 6 nitrogen and oxygen atoms in total. The number of aromatic nitrogens is 3. The summed E-state index contributed by atoms with van der Waals surface area (Å²) in [5.74, 6) is 0. The summed E-state index contributed by atoms with van der Waals surface area (Å²) in [6.07, 6.45) is 0. The fourth-order valence-corrected chi connectivity index (χ4v) is 0.876. The first-order chi connectivity index (χ1) is 5.90. The molecule has 1 radical (unpaired) electrons. The Balaban J connectivity index is 2.60. The molecule has 0 spiro atoms. The van der Waals surface area contributed by atoms with Crippen molar-refractivity contribution in [2.24, 2.45) is 10.4 Å². The topological polar surface area (TPSA) is 86.5 Å². The van der Waals surface area contributed by atoms with Crippen LogP contribution in [0.25, 0.3) is 11.0 Å². The lowest BCUT2D eigenvalue weighted by atomic mass is 10.3. The number of H-pyrrole nitrogens is 1. The molecule has 1 aromatic carbocycles. The van der Waals surface area contributed by atoms with E-state index in [1.165, 1.54) is 0 Å². The average Bonchev–Trinajstić information content (AvgIpc) is 2.51. The number of nitrogens with one attached hydrogen (secondary N) is 1. The van der Waals surface area contributed by atoms with Gasteiger partial charge in [-0.1, -0.05) is 5.21 Å². The zero-order chi connectivity index (χ0) is 8.39. The molecule has 59 valence electrons. The minimum atomic E-state index is 0.416. The number of rotatable bonds is 1. The second-order valence-corrected chi connectivity index (χ2v) is 2.11. The maximum absolute atomic E-state index is 8.14. The first kappa shape index (κ1) is 6.71. The summed E-state index contributed by atoms with van der Waals surface area (Å²) in [5.41, 5.74) is 1.76. The predicted molar refractivity (Wildman–Crippen MR) is 39.0 cm³/mol. The maximum Gasteiger partial charge on any atom is 0.123 e. The third kappa shape index (κ3) is 0.986. The van der Waals surface area contributed by atoms with Crippen molar-refractivity contribution in [1.29, 1.82) is 0 Å². The summed E-state index contributed by atoms with van der Waals surface area (Å²) in [5, 5.41) is 24.1. The van der Waals surface area contributed by atoms with Crippen molar-refractivity contribution in [1.82, 2.24) is 15.4 Å². The van der Waals surface area contributed by atoms with Crippen molar-refractivity contribution < 1.29 is 5.21 Å². The zero-order valence-electron chi connectivity index (χ0n) is 5.89. The Morgan fingerprint density at radius 1 is 1.50 bits per heavy atom. The van der Waals surface area contributed by atoms with Crippen molar-refractivity contribution in [3.05, 3.63) is 18.2 Å². The number of nitrogens with zero attached hydrogens (tertiary/aromatic N) is 4. The van der Waals surface area contributed by atoms with Gasteiger partial charge in [0.2, 0.25) is 0 Å². The van der Waals surface area contributed by atoms with E-state index in [9.17, 15) is 0 Å². The highest BCUT2D eigenvalue weighted by Gasteiger charge is 1.98. The smallest absolute Gasteiger partial charge is 0.123 e. The highest BCUT2D eigenvalue weighted by Crippen LogP contribution is 2.16. The Morgan fingerprint density at radius 2 is 2.42 bits per heavy atom. The molecule has 0 bridgehead atoms. The number of benzene rings is 1. The fourth-order valence-electron chi connectivity index (χ4n) is 0.876. The van der Waals surface area contributed by atoms with Crippen LogP contribution in [0.1, 0.15) is 0 Å². The van der Waals surface area contributed by atoms with Crippen LogP contribution in [-0.4, -0.2) is 20.6 Å². The molecule has 12 heavy (non-hydrogen) atoms. The van der Waals surface area contributed by atoms with E-state index in [1.807, 2.05) is 0 Å². The van der Waals surface area contributed by atoms with E-state index in [0.717, 1.165) is 5.52 Å². The SMILES string of the molecule is ON=Nc1[c]c2nn[nH]c2cc1. The Bertz CT molecular complexity index is 421. The lowest BCUT2D eigenvalue weighted by Gasteiger charge is -1.87. The van der Waals surface area contributed by atoms with Gasteiger partial charge in [-0.3, -0.25) is 5.10 Å². The van der Waals surface area contributed by atoms with Crippen LogP contribution < -0.4 is 0 Å². The van der Waals surface area contributed by atoms with Gasteiger partial charge >= 0.3 is 0 Å². The Morgan fingerprint density at radius 3 is 3.25 bits per heavy atom. The van der Waals surface area contributed by atoms with Crippen molar-refractivity contribution in [2.45, 2.75) is 0 Å². The van der Waals surface area contributed by atoms with Gasteiger partial charge in [0.05, 0.1) is 11.2 Å². The Labute approximate surface area is 66.9 Å². The van der Waals surface area contributed by atoms with E-state index in [0.29, 0.717) is 11.2 Å². The highest BCUT2D eigenvalue weighted by atomic mass is 16.5. The van der Waals surface area contributed by atoms with Gasteiger partial charge in [-0.15, -0.1) is 10.2 Å². The van der Waals surface area contributed by atoms with Gasteiger partial charge in [-0.25, -0.2) is 0 Å². The molecule has 0 unspecified atom stereocenters. The van der Waals surface area contributed by atoms with Gasteiger partial charge in [0.15, 0.2) is 0 Å². The second-order valence-electron chi connectivity index (χ2n) is 2.11. The van der Waals surface area contributed by atoms with Crippen LogP contribution in [0.5, 0.6) is 0 Å². The summed E-state index contributed by atoms with van der Waals surface area (Å²) in [4.78, 5) is 0. The summed E-state index contributed by atoms with van der Waals surface area (Å²) in [6, 6.07) is 6.16. The molecule has 0 saturated carbocycles. The van der Waals surface area contributed by atoms with Crippen LogP contribution in [-0.2, 0) is 0 Å². The molecule has 2 rings (SSSR count). The van der Waals surface area contributed by atoms with Crippen LogP contribution in [0.15, 0.2) is 22.5 Å². The lowest BCUT2D eigenvalue weighted by Crippen LogP contribution is -1.69. The summed E-state index contributed by atoms with van der Waals surface area (Å²) >= 11 is 0. The third-order valence-electron chi connectivity index (χ3n) is 1.38. The van der Waals surface area contributed by atoms with E-state index in [-0.39, 0.29) is 0 Å². The molecule has 0 aliphatic heterocycles. The van der Waals surface area contributed by atoms with E-state index < -0.39 is 0 Å². The molecular formula is C6H4N5O. The number of hydrogen-bond acceptors (Lipinski definition) is 4. The predicted octanol–water partition coefficient (Wildman–Crippen LogP) is 1.23. The van der Waals surface area contributed by atoms with Gasteiger partial charge in [-0.05, 0) is 12.1 Å². The molecule has 1 aromatic heterocycles. The average molecular weight is 162 g/mol. The van der Waals surface area contributed by atoms with Crippen LogP contribution in [0.3, 0.4) is 0 Å². The Hall–Kier alpha value is -1.98. The number of hydrogen-bond donors (Lipinski definition) is 2. The maximum atomic E-state index is 8.14. The van der Waals surface area contributed by atoms with Gasteiger partial charge in [0.1, 0.15) is 5.52 Å². The van der Waals surface area contributed by atoms with Crippen LogP contribution in [0.2, 0.25) is 0 Å². The van der Waals surface area contributed by atoms with Crippen molar-refractivity contribution >= 4 is 16.7 Å². The first-order valence-electron chi connectivity index (χ1n) is 3.18. The van der Waals surface area contributed by atoms with Crippen molar-refractivity contribution in [2.75, 3.05) is 0 Å². The van der Waals surface area contributed by atoms with Crippen molar-refractivity contribution in [3.8, 4) is 0 Å². The van der Waals surface area contributed by atoms with Gasteiger partial charge < -0.3 is 5.21 Å². The van der Waals surface area contributed by atoms with Crippen LogP contribution in [0, 0.1) is 6.07 Å². The van der Waals surface area contributed by atoms with Crippen LogP contribution in [0.4, 0.5) is 5.69 Å². The van der Waals surface area contributed by atoms with E-state index in [4.69, 9.17) is 5.21 Å². The normalized spacial score (nSPS) is 11.3. The minimum absolute atomic E-state index is 0.416. The molecule has 1 heterocycles. The molecule has 0 aliphatic carbocycles. The monoisotopic (exact) mass is 162 g/mol. The van der Waals surface area contributed by atoms with E-state index >= 15 is 0 Å². The largest absolute Gasteiger partial charge is 0.394 e. The Kier molecular flexibility index (Phi) is 1.44. The summed E-state index contributed by atoms with van der Waals surface area (Å²) in [7, 11) is 0. The first-order valence-corrected chi connectivity index (χ1v) is 3.18. The molecular weight excluding hydrogens is 158 g/mol. The molecule has 0 aliphatic rings. The van der Waals surface area contributed by atoms with E-state index in [2.05, 4.69) is 31.9 Å².